The molecular weight excluding hydrogens is 780 g/mol. The van der Waals surface area contributed by atoms with Crippen LogP contribution in [0.2, 0.25) is 0 Å². The first kappa shape index (κ1) is 44.3. The molecule has 2 aliphatic heterocycles. The highest BCUT2D eigenvalue weighted by Gasteiger charge is 2.31. The van der Waals surface area contributed by atoms with Gasteiger partial charge in [0, 0.05) is 42.8 Å². The number of hydrogen-bond acceptors (Lipinski definition) is 14. The Morgan fingerprint density at radius 3 is 1.87 bits per heavy atom. The second-order valence-electron chi connectivity index (χ2n) is 13.9. The molecule has 1 aromatic carbocycles. The summed E-state index contributed by atoms with van der Waals surface area (Å²) in [5.41, 5.74) is 6.33. The van der Waals surface area contributed by atoms with Crippen LogP contribution in [0.4, 0.5) is 0 Å². The van der Waals surface area contributed by atoms with Crippen molar-refractivity contribution in [3.63, 3.8) is 0 Å². The summed E-state index contributed by atoms with van der Waals surface area (Å²) in [6.45, 7) is 0.138. The number of methoxy groups -OCH3 is 5. The summed E-state index contributed by atoms with van der Waals surface area (Å²) in [6, 6.07) is 9.05. The summed E-state index contributed by atoms with van der Waals surface area (Å²) in [5, 5.41) is 2.79. The number of allylic oxidation sites excluding steroid dienone is 1. The molecule has 1 saturated heterocycles. The Labute approximate surface area is 345 Å². The SMILES string of the molecule is COC(=O)CCC1=C2CC(=O)NCC2=N/C1=C\c1[nH]c(Cc2[nH]c(C(=O)OCc3ccccc3)c(CCC(=O)OC)c2CC(=O)OC)c(CCC(=O)OC)c1CC(=O)OC. The number of esters is 6. The number of amides is 1. The average molecular weight is 829 g/mol. The van der Waals surface area contributed by atoms with Gasteiger partial charge in [-0.1, -0.05) is 30.3 Å². The van der Waals surface area contributed by atoms with Crippen molar-refractivity contribution in [3.8, 4) is 0 Å². The molecule has 4 heterocycles. The van der Waals surface area contributed by atoms with Crippen LogP contribution >= 0.6 is 0 Å². The van der Waals surface area contributed by atoms with Crippen molar-refractivity contribution in [3.05, 3.63) is 97.8 Å². The molecule has 5 rings (SSSR count). The summed E-state index contributed by atoms with van der Waals surface area (Å²) in [4.78, 5) is 101. The number of rotatable bonds is 19. The lowest BCUT2D eigenvalue weighted by molar-refractivity contribution is -0.141. The number of fused-ring (bicyclic) bond motifs is 1. The number of aromatic nitrogens is 2. The standard InChI is InChI=1S/C43H48N4O13/c1-55-37(49)14-11-25-28-17-36(48)44-22-35(28)46-32(25)20-33-29(18-40(52)58-4)26(12-15-38(50)56-2)31(45-33)21-34-30(19-41(53)59-5)27(13-16-39(51)57-3)42(47-34)43(54)60-23-24-9-7-6-8-10-24/h6-10,20,45,47H,11-19,21-23H2,1-5H3,(H,44,48)/b32-20-. The van der Waals surface area contributed by atoms with E-state index in [9.17, 15) is 33.6 Å². The highest BCUT2D eigenvalue weighted by atomic mass is 16.5. The van der Waals surface area contributed by atoms with E-state index in [1.165, 1.54) is 35.5 Å². The van der Waals surface area contributed by atoms with Gasteiger partial charge in [-0.2, -0.15) is 0 Å². The molecule has 2 aliphatic rings. The van der Waals surface area contributed by atoms with Crippen molar-refractivity contribution >= 4 is 53.5 Å². The highest BCUT2D eigenvalue weighted by Crippen LogP contribution is 2.36. The Hall–Kier alpha value is -6.78. The molecule has 2 aromatic heterocycles. The largest absolute Gasteiger partial charge is 0.469 e. The van der Waals surface area contributed by atoms with E-state index in [-0.39, 0.29) is 89.0 Å². The van der Waals surface area contributed by atoms with Crippen molar-refractivity contribution in [2.45, 2.75) is 70.8 Å². The van der Waals surface area contributed by atoms with Gasteiger partial charge < -0.3 is 43.7 Å². The first-order valence-corrected chi connectivity index (χ1v) is 19.2. The number of ether oxygens (including phenoxy) is 6. The highest BCUT2D eigenvalue weighted by molar-refractivity contribution is 6.13. The Bertz CT molecular complexity index is 2240. The molecule has 0 saturated carbocycles. The molecule has 3 aromatic rings. The van der Waals surface area contributed by atoms with Crippen molar-refractivity contribution in [2.24, 2.45) is 4.99 Å². The second kappa shape index (κ2) is 20.8. The van der Waals surface area contributed by atoms with Crippen LogP contribution in [0.5, 0.6) is 0 Å². The second-order valence-corrected chi connectivity index (χ2v) is 13.9. The predicted octanol–water partition coefficient (Wildman–Crippen LogP) is 3.50. The molecule has 0 spiro atoms. The lowest BCUT2D eigenvalue weighted by atomic mass is 9.94. The minimum Gasteiger partial charge on any atom is -0.469 e. The van der Waals surface area contributed by atoms with Gasteiger partial charge in [0.25, 0.3) is 0 Å². The van der Waals surface area contributed by atoms with Gasteiger partial charge in [-0.15, -0.1) is 0 Å². The summed E-state index contributed by atoms with van der Waals surface area (Å²) in [6.07, 6.45) is 1.44. The topological polar surface area (TPSA) is 231 Å². The molecule has 318 valence electrons. The summed E-state index contributed by atoms with van der Waals surface area (Å²) < 4.78 is 30.5. The number of nitrogens with zero attached hydrogens (tertiary/aromatic N) is 1. The van der Waals surface area contributed by atoms with Crippen LogP contribution < -0.4 is 5.32 Å². The van der Waals surface area contributed by atoms with E-state index in [0.29, 0.717) is 61.9 Å². The number of hydrogen-bond donors (Lipinski definition) is 3. The number of aromatic amines is 2. The van der Waals surface area contributed by atoms with E-state index >= 15 is 0 Å². The van der Waals surface area contributed by atoms with Crippen LogP contribution in [0, 0.1) is 0 Å². The summed E-state index contributed by atoms with van der Waals surface area (Å²) >= 11 is 0. The van der Waals surface area contributed by atoms with Gasteiger partial charge in [-0.3, -0.25) is 33.8 Å². The molecule has 0 atom stereocenters. The van der Waals surface area contributed by atoms with E-state index in [2.05, 4.69) is 15.3 Å². The maximum Gasteiger partial charge on any atom is 0.355 e. The number of aliphatic imine (C=N–C) groups is 1. The third-order valence-electron chi connectivity index (χ3n) is 10.3. The van der Waals surface area contributed by atoms with Crippen molar-refractivity contribution < 1.29 is 62.0 Å². The fourth-order valence-corrected chi connectivity index (χ4v) is 7.18. The molecule has 3 N–H and O–H groups in total. The maximum atomic E-state index is 13.8. The molecule has 17 heteroatoms. The Morgan fingerprint density at radius 1 is 0.683 bits per heavy atom. The fourth-order valence-electron chi connectivity index (χ4n) is 7.18. The van der Waals surface area contributed by atoms with Crippen LogP contribution in [0.3, 0.4) is 0 Å². The van der Waals surface area contributed by atoms with Crippen molar-refractivity contribution in [1.82, 2.24) is 15.3 Å². The average Bonchev–Trinajstić information content (AvgIpc) is 3.89. The summed E-state index contributed by atoms with van der Waals surface area (Å²) in [5.74, 6) is -3.61. The zero-order valence-corrected chi connectivity index (χ0v) is 34.2. The fraction of sp³-hybridized carbons (Fsp3) is 0.395. The molecule has 0 aliphatic carbocycles. The Balaban J connectivity index is 1.68. The molecule has 1 fully saturated rings. The van der Waals surface area contributed by atoms with Crippen LogP contribution in [0.15, 0.2) is 52.2 Å². The van der Waals surface area contributed by atoms with E-state index in [0.717, 1.165) is 5.56 Å². The molecule has 17 nitrogen and oxygen atoms in total. The Kier molecular flexibility index (Phi) is 15.3. The lowest BCUT2D eigenvalue weighted by Gasteiger charge is -2.15. The van der Waals surface area contributed by atoms with E-state index in [1.807, 2.05) is 18.2 Å². The number of benzene rings is 1. The van der Waals surface area contributed by atoms with E-state index in [4.69, 9.17) is 33.4 Å². The number of carbonyl (C=O) groups is 7. The van der Waals surface area contributed by atoms with Gasteiger partial charge in [0.2, 0.25) is 5.91 Å². The van der Waals surface area contributed by atoms with Crippen LogP contribution in [-0.2, 0) is 95.9 Å². The smallest absolute Gasteiger partial charge is 0.355 e. The van der Waals surface area contributed by atoms with Crippen molar-refractivity contribution in [1.29, 1.82) is 0 Å². The molecule has 1 amide bonds. The molecule has 0 radical (unpaired) electrons. The van der Waals surface area contributed by atoms with Crippen LogP contribution in [-0.4, -0.2) is 99.5 Å². The van der Waals surface area contributed by atoms with Gasteiger partial charge in [0.05, 0.1) is 72.8 Å². The minimum atomic E-state index is -0.729. The van der Waals surface area contributed by atoms with Gasteiger partial charge in [0.15, 0.2) is 0 Å². The van der Waals surface area contributed by atoms with Crippen LogP contribution in [0.25, 0.3) is 6.08 Å². The third-order valence-corrected chi connectivity index (χ3v) is 10.3. The number of H-pyrrole nitrogens is 2. The summed E-state index contributed by atoms with van der Waals surface area (Å²) in [7, 11) is 6.28. The van der Waals surface area contributed by atoms with Gasteiger partial charge in [-0.05, 0) is 64.3 Å². The monoisotopic (exact) mass is 828 g/mol. The normalized spacial score (nSPS) is 13.9. The van der Waals surface area contributed by atoms with E-state index < -0.39 is 35.8 Å². The van der Waals surface area contributed by atoms with Crippen LogP contribution in [0.1, 0.15) is 87.5 Å². The molecule has 60 heavy (non-hydrogen) atoms. The van der Waals surface area contributed by atoms with Gasteiger partial charge >= 0.3 is 35.8 Å². The number of nitrogens with one attached hydrogen (secondary N) is 3. The molecular formula is C43H48N4O13. The molecule has 0 unspecified atom stereocenters. The lowest BCUT2D eigenvalue weighted by Crippen LogP contribution is -2.36. The first-order chi connectivity index (χ1) is 28.9. The first-order valence-electron chi connectivity index (χ1n) is 19.2. The van der Waals surface area contributed by atoms with Gasteiger partial charge in [0.1, 0.15) is 12.3 Å². The maximum absolute atomic E-state index is 13.8. The number of carbonyl (C=O) groups excluding carboxylic acids is 7. The van der Waals surface area contributed by atoms with Gasteiger partial charge in [-0.25, -0.2) is 4.79 Å². The molecule has 0 bridgehead atoms. The van der Waals surface area contributed by atoms with Crippen molar-refractivity contribution in [2.75, 3.05) is 42.1 Å². The zero-order valence-electron chi connectivity index (χ0n) is 34.2. The Morgan fingerprint density at radius 2 is 1.25 bits per heavy atom. The predicted molar refractivity (Wildman–Crippen MR) is 213 cm³/mol. The minimum absolute atomic E-state index is 0.000591. The zero-order chi connectivity index (χ0) is 43.3. The number of piperidine rings is 1. The third kappa shape index (κ3) is 11.0. The quantitative estimate of drug-likeness (QED) is 0.116. The van der Waals surface area contributed by atoms with E-state index in [1.54, 1.807) is 18.2 Å².